The average Bonchev–Trinajstić information content (AvgIpc) is 2.98. The third-order valence-electron chi connectivity index (χ3n) is 5.51. The summed E-state index contributed by atoms with van der Waals surface area (Å²) in [6, 6.07) is 13.4. The first-order valence-corrected chi connectivity index (χ1v) is 9.41. The Kier molecular flexibility index (Phi) is 4.07. The van der Waals surface area contributed by atoms with Crippen LogP contribution >= 0.6 is 0 Å². The van der Waals surface area contributed by atoms with E-state index in [1.165, 1.54) is 38.9 Å². The molecule has 0 amide bonds. The lowest BCUT2D eigenvalue weighted by Crippen LogP contribution is -2.31. The van der Waals surface area contributed by atoms with E-state index in [0.717, 1.165) is 18.7 Å². The molecule has 136 valence electrons. The molecule has 2 N–H and O–H groups in total. The smallest absolute Gasteiger partial charge is 0.124 e. The molecule has 3 heteroatoms. The van der Waals surface area contributed by atoms with Crippen LogP contribution in [-0.4, -0.2) is 18.6 Å². The lowest BCUT2D eigenvalue weighted by molar-refractivity contribution is 0.401. The zero-order valence-electron chi connectivity index (χ0n) is 16.4. The molecule has 1 atom stereocenters. The van der Waals surface area contributed by atoms with Gasteiger partial charge in [-0.2, -0.15) is 0 Å². The predicted octanol–water partition coefficient (Wildman–Crippen LogP) is 5.02. The summed E-state index contributed by atoms with van der Waals surface area (Å²) in [5, 5.41) is 5.07. The van der Waals surface area contributed by atoms with Crippen molar-refractivity contribution in [2.75, 3.05) is 13.7 Å². The number of aromatic nitrogens is 1. The quantitative estimate of drug-likeness (QED) is 0.682. The third kappa shape index (κ3) is 2.80. The fourth-order valence-corrected chi connectivity index (χ4v) is 4.03. The van der Waals surface area contributed by atoms with Crippen molar-refractivity contribution in [3.63, 3.8) is 0 Å². The van der Waals surface area contributed by atoms with Crippen LogP contribution in [-0.2, 0) is 11.8 Å². The number of benzene rings is 2. The van der Waals surface area contributed by atoms with Gasteiger partial charge in [-0.25, -0.2) is 0 Å². The van der Waals surface area contributed by atoms with Gasteiger partial charge < -0.3 is 15.0 Å². The number of aromatic amines is 1. The van der Waals surface area contributed by atoms with Crippen LogP contribution < -0.4 is 10.1 Å². The molecule has 0 aliphatic carbocycles. The lowest BCUT2D eigenvalue weighted by Gasteiger charge is -2.28. The van der Waals surface area contributed by atoms with Gasteiger partial charge in [0.05, 0.1) is 13.2 Å². The number of aryl methyl sites for hydroxylation is 1. The number of H-pyrrole nitrogens is 1. The second kappa shape index (κ2) is 6.17. The summed E-state index contributed by atoms with van der Waals surface area (Å²) in [6.07, 6.45) is 1.05. The Morgan fingerprint density at radius 1 is 1.08 bits per heavy atom. The summed E-state index contributed by atoms with van der Waals surface area (Å²) in [5.41, 5.74) is 7.90. The average molecular weight is 348 g/mol. The second-order valence-electron chi connectivity index (χ2n) is 8.41. The topological polar surface area (TPSA) is 37.0 Å². The van der Waals surface area contributed by atoms with E-state index >= 15 is 0 Å². The molecule has 0 bridgehead atoms. The van der Waals surface area contributed by atoms with Crippen molar-refractivity contribution in [1.29, 1.82) is 0 Å². The minimum absolute atomic E-state index is 0.107. The highest BCUT2D eigenvalue weighted by Crippen LogP contribution is 2.39. The van der Waals surface area contributed by atoms with E-state index in [4.69, 9.17) is 4.74 Å². The van der Waals surface area contributed by atoms with Crippen LogP contribution in [0.15, 0.2) is 36.4 Å². The number of nitrogens with one attached hydrogen (secondary N) is 2. The molecule has 1 aliphatic heterocycles. The van der Waals surface area contributed by atoms with Crippen LogP contribution in [0.4, 0.5) is 0 Å². The van der Waals surface area contributed by atoms with E-state index < -0.39 is 0 Å². The molecule has 26 heavy (non-hydrogen) atoms. The zero-order valence-corrected chi connectivity index (χ0v) is 16.4. The monoisotopic (exact) mass is 348 g/mol. The Hall–Kier alpha value is -2.26. The highest BCUT2D eigenvalue weighted by molar-refractivity contribution is 5.86. The molecular weight excluding hydrogens is 320 g/mol. The van der Waals surface area contributed by atoms with Gasteiger partial charge >= 0.3 is 0 Å². The highest BCUT2D eigenvalue weighted by atomic mass is 16.5. The van der Waals surface area contributed by atoms with Crippen molar-refractivity contribution >= 4 is 10.9 Å². The van der Waals surface area contributed by atoms with Crippen molar-refractivity contribution in [1.82, 2.24) is 10.3 Å². The maximum absolute atomic E-state index is 5.72. The molecule has 2 aromatic carbocycles. The third-order valence-corrected chi connectivity index (χ3v) is 5.51. The van der Waals surface area contributed by atoms with Crippen LogP contribution in [0, 0.1) is 6.92 Å². The van der Waals surface area contributed by atoms with Gasteiger partial charge in [0.1, 0.15) is 5.75 Å². The molecule has 3 nitrogen and oxygen atoms in total. The molecule has 2 heterocycles. The van der Waals surface area contributed by atoms with E-state index in [2.05, 4.69) is 74.4 Å². The number of hydrogen-bond donors (Lipinski definition) is 2. The summed E-state index contributed by atoms with van der Waals surface area (Å²) in [6.45, 7) is 9.90. The molecule has 0 saturated carbocycles. The standard InChI is InChI=1S/C23H28N2O/c1-14-6-8-19-17(12-14)16-10-11-24-21(22(16)25-19)18-13-15(23(2,3)4)7-9-20(18)26-5/h6-9,12-13,21,24-25H,10-11H2,1-5H3. The summed E-state index contributed by atoms with van der Waals surface area (Å²) in [4.78, 5) is 3.68. The Morgan fingerprint density at radius 3 is 2.62 bits per heavy atom. The zero-order chi connectivity index (χ0) is 18.5. The van der Waals surface area contributed by atoms with Crippen molar-refractivity contribution in [3.8, 4) is 5.75 Å². The Bertz CT molecular complexity index is 962. The Balaban J connectivity index is 1.89. The maximum Gasteiger partial charge on any atom is 0.124 e. The van der Waals surface area contributed by atoms with Crippen molar-refractivity contribution in [2.45, 2.75) is 45.6 Å². The molecule has 0 saturated heterocycles. The normalized spacial score (nSPS) is 17.3. The fraction of sp³-hybridized carbons (Fsp3) is 0.391. The number of ether oxygens (including phenoxy) is 1. The van der Waals surface area contributed by atoms with Gasteiger partial charge in [0.25, 0.3) is 0 Å². The summed E-state index contributed by atoms with van der Waals surface area (Å²) in [5.74, 6) is 0.943. The van der Waals surface area contributed by atoms with Gasteiger partial charge in [0.2, 0.25) is 0 Å². The van der Waals surface area contributed by atoms with Crippen molar-refractivity contribution in [3.05, 3.63) is 64.3 Å². The van der Waals surface area contributed by atoms with E-state index in [9.17, 15) is 0 Å². The fourth-order valence-electron chi connectivity index (χ4n) is 4.03. The molecule has 1 unspecified atom stereocenters. The van der Waals surface area contributed by atoms with Crippen LogP contribution in [0.2, 0.25) is 0 Å². The van der Waals surface area contributed by atoms with Gasteiger partial charge in [-0.05, 0) is 54.2 Å². The predicted molar refractivity (Wildman–Crippen MR) is 108 cm³/mol. The molecule has 1 aromatic heterocycles. The first kappa shape index (κ1) is 17.2. The first-order chi connectivity index (χ1) is 12.4. The van der Waals surface area contributed by atoms with Crippen LogP contribution in [0.5, 0.6) is 5.75 Å². The van der Waals surface area contributed by atoms with Gasteiger partial charge in [-0.3, -0.25) is 0 Å². The van der Waals surface area contributed by atoms with E-state index in [0.29, 0.717) is 0 Å². The van der Waals surface area contributed by atoms with E-state index in [1.807, 2.05) is 0 Å². The molecule has 4 rings (SSSR count). The Labute approximate surface area is 155 Å². The summed E-state index contributed by atoms with van der Waals surface area (Å²) >= 11 is 0. The minimum Gasteiger partial charge on any atom is -0.496 e. The lowest BCUT2D eigenvalue weighted by atomic mass is 9.84. The second-order valence-corrected chi connectivity index (χ2v) is 8.41. The van der Waals surface area contributed by atoms with Crippen LogP contribution in [0.25, 0.3) is 10.9 Å². The van der Waals surface area contributed by atoms with E-state index in [1.54, 1.807) is 7.11 Å². The van der Waals surface area contributed by atoms with E-state index in [-0.39, 0.29) is 11.5 Å². The van der Waals surface area contributed by atoms with Gasteiger partial charge in [-0.1, -0.05) is 38.5 Å². The first-order valence-electron chi connectivity index (χ1n) is 9.41. The van der Waals surface area contributed by atoms with Gasteiger partial charge in [0, 0.05) is 28.7 Å². The SMILES string of the molecule is COc1ccc(C(C)(C)C)cc1C1NCCc2c1[nH]c1ccc(C)cc21. The minimum atomic E-state index is 0.107. The van der Waals surface area contributed by atoms with Crippen LogP contribution in [0.3, 0.4) is 0 Å². The number of methoxy groups -OCH3 is 1. The molecule has 0 radical (unpaired) electrons. The summed E-state index contributed by atoms with van der Waals surface area (Å²) in [7, 11) is 1.76. The number of fused-ring (bicyclic) bond motifs is 3. The Morgan fingerprint density at radius 2 is 1.88 bits per heavy atom. The van der Waals surface area contributed by atoms with Gasteiger partial charge in [-0.15, -0.1) is 0 Å². The molecular formula is C23H28N2O. The molecule has 0 fully saturated rings. The maximum atomic E-state index is 5.72. The van der Waals surface area contributed by atoms with Crippen molar-refractivity contribution < 1.29 is 4.74 Å². The molecule has 3 aromatic rings. The van der Waals surface area contributed by atoms with Crippen molar-refractivity contribution in [2.24, 2.45) is 0 Å². The summed E-state index contributed by atoms with van der Waals surface area (Å²) < 4.78 is 5.72. The van der Waals surface area contributed by atoms with Crippen LogP contribution in [0.1, 0.15) is 54.8 Å². The number of rotatable bonds is 2. The number of hydrogen-bond acceptors (Lipinski definition) is 2. The highest BCUT2D eigenvalue weighted by Gasteiger charge is 2.28. The molecule has 0 spiro atoms. The molecule has 1 aliphatic rings. The largest absolute Gasteiger partial charge is 0.496 e. The van der Waals surface area contributed by atoms with Gasteiger partial charge in [0.15, 0.2) is 0 Å².